The number of furan rings is 1. The number of hydrogen-bond acceptors (Lipinski definition) is 2. The van der Waals surface area contributed by atoms with Crippen LogP contribution in [-0.2, 0) is 0 Å². The third kappa shape index (κ3) is 2.10. The lowest BCUT2D eigenvalue weighted by atomic mass is 9.99. The first-order chi connectivity index (χ1) is 9.59. The van der Waals surface area contributed by atoms with Gasteiger partial charge in [-0.1, -0.05) is 53.5 Å². The molecular formula is C16H12Cl2O2. The predicted molar refractivity (Wildman–Crippen MR) is 81.5 cm³/mol. The van der Waals surface area contributed by atoms with Crippen molar-refractivity contribution in [1.29, 1.82) is 0 Å². The largest absolute Gasteiger partial charge is 0.461 e. The number of halogens is 2. The molecule has 102 valence electrons. The first kappa shape index (κ1) is 13.5. The molecule has 0 aliphatic carbocycles. The van der Waals surface area contributed by atoms with Crippen LogP contribution < -0.4 is 0 Å². The van der Waals surface area contributed by atoms with E-state index in [1.165, 1.54) is 0 Å². The summed E-state index contributed by atoms with van der Waals surface area (Å²) in [6.07, 6.45) is -0.871. The summed E-state index contributed by atoms with van der Waals surface area (Å²) in [5, 5.41) is 12.3. The van der Waals surface area contributed by atoms with Crippen LogP contribution >= 0.6 is 23.2 Å². The van der Waals surface area contributed by atoms with Crippen LogP contribution in [0.1, 0.15) is 23.0 Å². The number of aryl methyl sites for hydroxylation is 1. The second kappa shape index (κ2) is 5.13. The van der Waals surface area contributed by atoms with Gasteiger partial charge in [0.25, 0.3) is 0 Å². The molecule has 3 rings (SSSR count). The lowest BCUT2D eigenvalue weighted by Crippen LogP contribution is -2.01. The zero-order valence-corrected chi connectivity index (χ0v) is 12.2. The molecule has 0 aliphatic rings. The van der Waals surface area contributed by atoms with E-state index in [-0.39, 0.29) is 0 Å². The smallest absolute Gasteiger partial charge is 0.134 e. The minimum Gasteiger partial charge on any atom is -0.461 e. The number of hydrogen-bond donors (Lipinski definition) is 1. The zero-order chi connectivity index (χ0) is 14.3. The summed E-state index contributed by atoms with van der Waals surface area (Å²) in [6, 6.07) is 12.8. The van der Waals surface area contributed by atoms with E-state index in [0.717, 1.165) is 16.5 Å². The Hall–Kier alpha value is -1.48. The highest BCUT2D eigenvalue weighted by Gasteiger charge is 2.22. The summed E-state index contributed by atoms with van der Waals surface area (Å²) in [5.41, 5.74) is 2.05. The monoisotopic (exact) mass is 306 g/mol. The van der Waals surface area contributed by atoms with Crippen molar-refractivity contribution in [3.05, 3.63) is 69.4 Å². The Bertz CT molecular complexity index is 777. The lowest BCUT2D eigenvalue weighted by Gasteiger charge is -2.13. The van der Waals surface area contributed by atoms with E-state index in [0.29, 0.717) is 21.4 Å². The third-order valence-corrected chi connectivity index (χ3v) is 4.20. The van der Waals surface area contributed by atoms with Crippen LogP contribution in [0.3, 0.4) is 0 Å². The van der Waals surface area contributed by atoms with Crippen molar-refractivity contribution in [2.75, 3.05) is 0 Å². The maximum absolute atomic E-state index is 10.7. The van der Waals surface area contributed by atoms with Crippen molar-refractivity contribution in [1.82, 2.24) is 0 Å². The Labute approximate surface area is 126 Å². The molecule has 0 radical (unpaired) electrons. The molecule has 1 heterocycles. The molecule has 0 saturated carbocycles. The molecule has 2 nitrogen and oxygen atoms in total. The molecule has 0 fully saturated rings. The van der Waals surface area contributed by atoms with Gasteiger partial charge in [0.05, 0.1) is 10.0 Å². The van der Waals surface area contributed by atoms with Gasteiger partial charge in [0.15, 0.2) is 0 Å². The van der Waals surface area contributed by atoms with Crippen molar-refractivity contribution in [3.63, 3.8) is 0 Å². The Morgan fingerprint density at radius 3 is 2.60 bits per heavy atom. The number of fused-ring (bicyclic) bond motifs is 1. The van der Waals surface area contributed by atoms with E-state index in [2.05, 4.69) is 0 Å². The van der Waals surface area contributed by atoms with Crippen molar-refractivity contribution in [2.24, 2.45) is 0 Å². The van der Waals surface area contributed by atoms with E-state index >= 15 is 0 Å². The average molecular weight is 307 g/mol. The SMILES string of the molecule is Cc1oc2ccccc2c1C(O)c1cccc(Cl)c1Cl. The molecule has 0 spiro atoms. The summed E-state index contributed by atoms with van der Waals surface area (Å²) < 4.78 is 5.68. The Kier molecular flexibility index (Phi) is 3.47. The quantitative estimate of drug-likeness (QED) is 0.712. The second-order valence-electron chi connectivity index (χ2n) is 4.61. The lowest BCUT2D eigenvalue weighted by molar-refractivity contribution is 0.219. The molecule has 20 heavy (non-hydrogen) atoms. The molecule has 0 amide bonds. The van der Waals surface area contributed by atoms with Crippen LogP contribution in [0.5, 0.6) is 0 Å². The summed E-state index contributed by atoms with van der Waals surface area (Å²) in [4.78, 5) is 0. The van der Waals surface area contributed by atoms with Crippen molar-refractivity contribution >= 4 is 34.2 Å². The molecular weight excluding hydrogens is 295 g/mol. The molecule has 1 unspecified atom stereocenters. The summed E-state index contributed by atoms with van der Waals surface area (Å²) >= 11 is 12.2. The maximum Gasteiger partial charge on any atom is 0.134 e. The highest BCUT2D eigenvalue weighted by molar-refractivity contribution is 6.42. The molecule has 4 heteroatoms. The van der Waals surface area contributed by atoms with Crippen LogP contribution in [-0.4, -0.2) is 5.11 Å². The molecule has 3 aromatic rings. The van der Waals surface area contributed by atoms with Crippen LogP contribution in [0.15, 0.2) is 46.9 Å². The van der Waals surface area contributed by atoms with E-state index in [9.17, 15) is 5.11 Å². The number of aliphatic hydroxyl groups excluding tert-OH is 1. The van der Waals surface area contributed by atoms with Crippen LogP contribution in [0.2, 0.25) is 10.0 Å². The van der Waals surface area contributed by atoms with Gasteiger partial charge >= 0.3 is 0 Å². The molecule has 0 saturated heterocycles. The van der Waals surface area contributed by atoms with Crippen molar-refractivity contribution in [3.8, 4) is 0 Å². The van der Waals surface area contributed by atoms with Gasteiger partial charge < -0.3 is 9.52 Å². The number of rotatable bonds is 2. The highest BCUT2D eigenvalue weighted by Crippen LogP contribution is 2.38. The van der Waals surface area contributed by atoms with E-state index in [1.54, 1.807) is 18.2 Å². The van der Waals surface area contributed by atoms with Crippen molar-refractivity contribution < 1.29 is 9.52 Å². The molecule has 1 N–H and O–H groups in total. The van der Waals surface area contributed by atoms with Gasteiger partial charge in [-0.05, 0) is 19.1 Å². The normalized spacial score (nSPS) is 12.8. The van der Waals surface area contributed by atoms with Crippen molar-refractivity contribution in [2.45, 2.75) is 13.0 Å². The summed E-state index contributed by atoms with van der Waals surface area (Å²) in [6.45, 7) is 1.83. The Balaban J connectivity index is 2.20. The minimum atomic E-state index is -0.871. The van der Waals surface area contributed by atoms with E-state index in [4.69, 9.17) is 27.6 Å². The second-order valence-corrected chi connectivity index (χ2v) is 5.40. The summed E-state index contributed by atoms with van der Waals surface area (Å²) in [5.74, 6) is 0.676. The molecule has 1 aromatic heterocycles. The van der Waals surface area contributed by atoms with Gasteiger partial charge in [0.1, 0.15) is 17.4 Å². The van der Waals surface area contributed by atoms with E-state index < -0.39 is 6.10 Å². The maximum atomic E-state index is 10.7. The van der Waals surface area contributed by atoms with Crippen LogP contribution in [0.25, 0.3) is 11.0 Å². The van der Waals surface area contributed by atoms with Gasteiger partial charge in [0.2, 0.25) is 0 Å². The molecule has 1 atom stereocenters. The van der Waals surface area contributed by atoms with Gasteiger partial charge in [-0.25, -0.2) is 0 Å². The highest BCUT2D eigenvalue weighted by atomic mass is 35.5. The number of benzene rings is 2. The number of para-hydroxylation sites is 1. The molecule has 2 aromatic carbocycles. The summed E-state index contributed by atoms with van der Waals surface area (Å²) in [7, 11) is 0. The zero-order valence-electron chi connectivity index (χ0n) is 10.7. The Morgan fingerprint density at radius 2 is 1.80 bits per heavy atom. The van der Waals surface area contributed by atoms with Gasteiger partial charge in [-0.3, -0.25) is 0 Å². The molecule has 0 bridgehead atoms. The standard InChI is InChI=1S/C16H12Cl2O2/c1-9-14(10-5-2-3-8-13(10)20-9)16(19)11-6-4-7-12(17)15(11)18/h2-8,16,19H,1H3. The number of aliphatic hydroxyl groups is 1. The predicted octanol–water partition coefficient (Wildman–Crippen LogP) is 5.13. The first-order valence-corrected chi connectivity index (χ1v) is 6.95. The Morgan fingerprint density at radius 1 is 1.05 bits per heavy atom. The minimum absolute atomic E-state index is 0.367. The van der Waals surface area contributed by atoms with Crippen LogP contribution in [0.4, 0.5) is 0 Å². The fourth-order valence-corrected chi connectivity index (χ4v) is 2.83. The van der Waals surface area contributed by atoms with Gasteiger partial charge in [-0.15, -0.1) is 0 Å². The van der Waals surface area contributed by atoms with Gasteiger partial charge in [-0.2, -0.15) is 0 Å². The topological polar surface area (TPSA) is 33.4 Å². The van der Waals surface area contributed by atoms with Gasteiger partial charge in [0, 0.05) is 16.5 Å². The first-order valence-electron chi connectivity index (χ1n) is 6.19. The fourth-order valence-electron chi connectivity index (χ4n) is 2.41. The molecule has 0 aliphatic heterocycles. The third-order valence-electron chi connectivity index (χ3n) is 3.37. The average Bonchev–Trinajstić information content (AvgIpc) is 2.77. The van der Waals surface area contributed by atoms with Crippen LogP contribution in [0, 0.1) is 6.92 Å². The fraction of sp³-hybridized carbons (Fsp3) is 0.125. The van der Waals surface area contributed by atoms with E-state index in [1.807, 2.05) is 31.2 Å².